The topological polar surface area (TPSA) is 80.5 Å². The quantitative estimate of drug-likeness (QED) is 0.593. The van der Waals surface area contributed by atoms with Crippen LogP contribution in [-0.4, -0.2) is 50.4 Å². The van der Waals surface area contributed by atoms with Crippen LogP contribution in [0.25, 0.3) is 5.69 Å². The first kappa shape index (κ1) is 19.3. The number of rotatable bonds is 8. The van der Waals surface area contributed by atoms with Gasteiger partial charge in [0.25, 0.3) is 0 Å². The van der Waals surface area contributed by atoms with Gasteiger partial charge in [-0.3, -0.25) is 9.88 Å². The average molecular weight is 392 g/mol. The number of hydrogen-bond acceptors (Lipinski definition) is 6. The van der Waals surface area contributed by atoms with E-state index < -0.39 is 0 Å². The second-order valence-corrected chi connectivity index (χ2v) is 7.20. The molecule has 2 aromatic heterocycles. The van der Waals surface area contributed by atoms with Gasteiger partial charge in [-0.05, 0) is 42.7 Å². The van der Waals surface area contributed by atoms with Crippen molar-refractivity contribution in [1.29, 1.82) is 0 Å². The van der Waals surface area contributed by atoms with Crippen molar-refractivity contribution in [3.05, 3.63) is 76.9 Å². The number of aromatic nitrogens is 3. The molecule has 0 radical (unpaired) electrons. The molecule has 1 aromatic carbocycles. The summed E-state index contributed by atoms with van der Waals surface area (Å²) in [4.78, 5) is 18.0. The highest BCUT2D eigenvalue weighted by molar-refractivity contribution is 5.93. The Hall–Kier alpha value is -3.03. The maximum atomic E-state index is 11.7. The molecule has 3 aromatic rings. The van der Waals surface area contributed by atoms with Crippen LogP contribution in [0.2, 0.25) is 0 Å². The van der Waals surface area contributed by atoms with Gasteiger partial charge in [0.2, 0.25) is 0 Å². The van der Waals surface area contributed by atoms with Crippen molar-refractivity contribution in [2.24, 2.45) is 0 Å². The number of cyclic esters (lactones) is 1. The summed E-state index contributed by atoms with van der Waals surface area (Å²) in [6, 6.07) is 7.70. The molecule has 0 atom stereocenters. The summed E-state index contributed by atoms with van der Waals surface area (Å²) in [5, 5.41) is 13.9. The maximum Gasteiger partial charge on any atom is 0.338 e. The predicted molar refractivity (Wildman–Crippen MR) is 108 cm³/mol. The van der Waals surface area contributed by atoms with Gasteiger partial charge in [-0.25, -0.2) is 9.48 Å². The van der Waals surface area contributed by atoms with Crippen LogP contribution in [0.3, 0.4) is 0 Å². The number of carbonyl (C=O) groups excluding carboxylic acids is 1. The van der Waals surface area contributed by atoms with Gasteiger partial charge in [0.15, 0.2) is 0 Å². The SMILES string of the molecule is Cc1c(CCN(CCO)Cc2cnn(-c3ccncc3)c2)ccc2c1COC2=O. The molecule has 1 N–H and O–H groups in total. The summed E-state index contributed by atoms with van der Waals surface area (Å²) in [6.45, 7) is 4.61. The van der Waals surface area contributed by atoms with E-state index in [1.807, 2.05) is 48.3 Å². The van der Waals surface area contributed by atoms with Crippen LogP contribution >= 0.6 is 0 Å². The molecule has 0 amide bonds. The third kappa shape index (κ3) is 4.21. The maximum absolute atomic E-state index is 11.7. The zero-order chi connectivity index (χ0) is 20.2. The van der Waals surface area contributed by atoms with Crippen LogP contribution in [-0.2, 0) is 24.3 Å². The van der Waals surface area contributed by atoms with Crippen LogP contribution in [0.1, 0.15) is 32.6 Å². The van der Waals surface area contributed by atoms with Crippen molar-refractivity contribution < 1.29 is 14.6 Å². The van der Waals surface area contributed by atoms with Crippen LogP contribution in [0.5, 0.6) is 0 Å². The Labute approximate surface area is 169 Å². The van der Waals surface area contributed by atoms with E-state index in [1.165, 1.54) is 5.56 Å². The number of ether oxygens (including phenoxy) is 1. The van der Waals surface area contributed by atoms with Gasteiger partial charge in [0, 0.05) is 49.4 Å². The molecule has 1 aliphatic heterocycles. The molecule has 1 aliphatic rings. The predicted octanol–water partition coefficient (Wildman–Crippen LogP) is 2.28. The minimum absolute atomic E-state index is 0.101. The van der Waals surface area contributed by atoms with Gasteiger partial charge < -0.3 is 9.84 Å². The molecule has 29 heavy (non-hydrogen) atoms. The number of esters is 1. The Morgan fingerprint density at radius 1 is 1.21 bits per heavy atom. The molecule has 150 valence electrons. The zero-order valence-electron chi connectivity index (χ0n) is 16.4. The normalized spacial score (nSPS) is 13.0. The second kappa shape index (κ2) is 8.55. The summed E-state index contributed by atoms with van der Waals surface area (Å²) < 4.78 is 6.97. The van der Waals surface area contributed by atoms with E-state index in [1.54, 1.807) is 12.4 Å². The standard InChI is InChI=1S/C22H24N4O3/c1-16-18(2-3-20-21(16)15-29-22(20)28)6-9-25(10-11-27)13-17-12-24-26(14-17)19-4-7-23-8-5-19/h2-5,7-8,12,14,27H,6,9-11,13,15H2,1H3. The number of aliphatic hydroxyl groups is 1. The fourth-order valence-corrected chi connectivity index (χ4v) is 3.70. The van der Waals surface area contributed by atoms with Crippen LogP contribution in [0, 0.1) is 6.92 Å². The van der Waals surface area contributed by atoms with Gasteiger partial charge in [-0.15, -0.1) is 0 Å². The van der Waals surface area contributed by atoms with Crippen molar-refractivity contribution in [3.8, 4) is 5.69 Å². The van der Waals surface area contributed by atoms with Gasteiger partial charge >= 0.3 is 5.97 Å². The lowest BCUT2D eigenvalue weighted by molar-refractivity contribution is 0.0535. The summed E-state index contributed by atoms with van der Waals surface area (Å²) in [5.74, 6) is -0.234. The molecule has 7 heteroatoms. The van der Waals surface area contributed by atoms with E-state index in [-0.39, 0.29) is 12.6 Å². The number of pyridine rings is 1. The highest BCUT2D eigenvalue weighted by atomic mass is 16.5. The number of aliphatic hydroxyl groups excluding tert-OH is 1. The second-order valence-electron chi connectivity index (χ2n) is 7.20. The van der Waals surface area contributed by atoms with Crippen LogP contribution < -0.4 is 0 Å². The molecule has 3 heterocycles. The van der Waals surface area contributed by atoms with Crippen molar-refractivity contribution in [2.45, 2.75) is 26.5 Å². The number of carbonyl (C=O) groups is 1. The average Bonchev–Trinajstić information content (AvgIpc) is 3.35. The van der Waals surface area contributed by atoms with E-state index in [0.29, 0.717) is 25.3 Å². The Bertz CT molecular complexity index is 1000. The Balaban J connectivity index is 1.43. The summed E-state index contributed by atoms with van der Waals surface area (Å²) in [7, 11) is 0. The molecule has 0 saturated heterocycles. The van der Waals surface area contributed by atoms with Gasteiger partial charge in [0.05, 0.1) is 24.1 Å². The Morgan fingerprint density at radius 2 is 2.03 bits per heavy atom. The first-order valence-corrected chi connectivity index (χ1v) is 9.71. The van der Waals surface area contributed by atoms with Crippen molar-refractivity contribution in [1.82, 2.24) is 19.7 Å². The van der Waals surface area contributed by atoms with E-state index in [9.17, 15) is 9.90 Å². The van der Waals surface area contributed by atoms with Crippen molar-refractivity contribution >= 4 is 5.97 Å². The highest BCUT2D eigenvalue weighted by Gasteiger charge is 2.23. The molecule has 0 fully saturated rings. The number of fused-ring (bicyclic) bond motifs is 1. The van der Waals surface area contributed by atoms with Gasteiger partial charge in [-0.2, -0.15) is 5.10 Å². The summed E-state index contributed by atoms with van der Waals surface area (Å²) in [5.41, 5.74) is 6.06. The first-order chi connectivity index (χ1) is 14.2. The van der Waals surface area contributed by atoms with E-state index in [2.05, 4.69) is 15.0 Å². The van der Waals surface area contributed by atoms with Crippen LogP contribution in [0.15, 0.2) is 49.1 Å². The third-order valence-electron chi connectivity index (χ3n) is 5.36. The van der Waals surface area contributed by atoms with E-state index in [0.717, 1.165) is 35.3 Å². The monoisotopic (exact) mass is 392 g/mol. The minimum atomic E-state index is -0.234. The summed E-state index contributed by atoms with van der Waals surface area (Å²) >= 11 is 0. The third-order valence-corrected chi connectivity index (χ3v) is 5.36. The van der Waals surface area contributed by atoms with E-state index in [4.69, 9.17) is 4.74 Å². The fraction of sp³-hybridized carbons (Fsp3) is 0.318. The van der Waals surface area contributed by atoms with Gasteiger partial charge in [-0.1, -0.05) is 6.07 Å². The molecule has 0 saturated carbocycles. The number of hydrogen-bond donors (Lipinski definition) is 1. The molecular formula is C22H24N4O3. The molecular weight excluding hydrogens is 368 g/mol. The lowest BCUT2D eigenvalue weighted by atomic mass is 9.96. The smallest absolute Gasteiger partial charge is 0.338 e. The Kier molecular flexibility index (Phi) is 5.69. The molecule has 4 rings (SSSR count). The van der Waals surface area contributed by atoms with Crippen LogP contribution in [0.4, 0.5) is 0 Å². The number of benzene rings is 1. The molecule has 0 spiro atoms. The van der Waals surface area contributed by atoms with E-state index >= 15 is 0 Å². The summed E-state index contributed by atoms with van der Waals surface area (Å²) in [6.07, 6.45) is 8.18. The van der Waals surface area contributed by atoms with Gasteiger partial charge in [0.1, 0.15) is 6.61 Å². The lowest BCUT2D eigenvalue weighted by Crippen LogP contribution is -2.28. The number of nitrogens with zero attached hydrogens (tertiary/aromatic N) is 4. The molecule has 0 unspecified atom stereocenters. The highest BCUT2D eigenvalue weighted by Crippen LogP contribution is 2.26. The lowest BCUT2D eigenvalue weighted by Gasteiger charge is -2.21. The minimum Gasteiger partial charge on any atom is -0.457 e. The molecule has 7 nitrogen and oxygen atoms in total. The zero-order valence-corrected chi connectivity index (χ0v) is 16.4. The first-order valence-electron chi connectivity index (χ1n) is 9.71. The van der Waals surface area contributed by atoms with Crippen molar-refractivity contribution in [2.75, 3.05) is 19.7 Å². The largest absolute Gasteiger partial charge is 0.457 e. The fourth-order valence-electron chi connectivity index (χ4n) is 3.70. The molecule has 0 aliphatic carbocycles. The molecule has 0 bridgehead atoms. The van der Waals surface area contributed by atoms with Crippen molar-refractivity contribution in [3.63, 3.8) is 0 Å². The Morgan fingerprint density at radius 3 is 2.83 bits per heavy atom.